The minimum absolute atomic E-state index is 0.0758. The van der Waals surface area contributed by atoms with Gasteiger partial charge in [-0.05, 0) is 45.2 Å². The van der Waals surface area contributed by atoms with Crippen LogP contribution in [0.15, 0.2) is 0 Å². The maximum Gasteiger partial charge on any atom is 0.249 e. The van der Waals surface area contributed by atoms with Crippen molar-refractivity contribution in [1.82, 2.24) is 10.6 Å². The first-order chi connectivity index (χ1) is 7.27. The summed E-state index contributed by atoms with van der Waals surface area (Å²) < 4.78 is 5.35. The topological polar surface area (TPSA) is 50.4 Å². The molecule has 0 aromatic carbocycles. The second-order valence-corrected chi connectivity index (χ2v) is 4.55. The fourth-order valence-electron chi connectivity index (χ4n) is 2.32. The van der Waals surface area contributed by atoms with Crippen molar-refractivity contribution in [3.63, 3.8) is 0 Å². The number of ether oxygens (including phenoxy) is 1. The van der Waals surface area contributed by atoms with Crippen LogP contribution in [0.3, 0.4) is 0 Å². The number of amides is 1. The lowest BCUT2D eigenvalue weighted by atomic mass is 10.0. The lowest BCUT2D eigenvalue weighted by Crippen LogP contribution is -2.43. The highest BCUT2D eigenvalue weighted by atomic mass is 16.5. The molecule has 86 valence electrons. The lowest BCUT2D eigenvalue weighted by Gasteiger charge is -2.21. The van der Waals surface area contributed by atoms with E-state index in [-0.39, 0.29) is 18.1 Å². The Morgan fingerprint density at radius 2 is 2.40 bits per heavy atom. The Balaban J connectivity index is 1.77. The van der Waals surface area contributed by atoms with Gasteiger partial charge in [-0.15, -0.1) is 0 Å². The molecule has 2 aliphatic heterocycles. The van der Waals surface area contributed by atoms with Gasteiger partial charge in [-0.2, -0.15) is 0 Å². The third-order valence-corrected chi connectivity index (χ3v) is 3.40. The predicted octanol–water partition coefficient (Wildman–Crippen LogP) is 0.280. The second kappa shape index (κ2) is 4.94. The number of hydrogen-bond donors (Lipinski definition) is 2. The summed E-state index contributed by atoms with van der Waals surface area (Å²) in [7, 11) is 0. The molecule has 0 radical (unpaired) electrons. The first-order valence-corrected chi connectivity index (χ1v) is 5.90. The van der Waals surface area contributed by atoms with E-state index >= 15 is 0 Å². The van der Waals surface area contributed by atoms with Gasteiger partial charge >= 0.3 is 0 Å². The summed E-state index contributed by atoms with van der Waals surface area (Å²) in [5, 5.41) is 6.37. The monoisotopic (exact) mass is 212 g/mol. The van der Waals surface area contributed by atoms with Gasteiger partial charge in [0.1, 0.15) is 6.10 Å². The third-order valence-electron chi connectivity index (χ3n) is 3.40. The summed E-state index contributed by atoms with van der Waals surface area (Å²) in [6, 6.07) is 0.261. The maximum absolute atomic E-state index is 11.8. The van der Waals surface area contributed by atoms with Crippen molar-refractivity contribution < 1.29 is 9.53 Å². The van der Waals surface area contributed by atoms with Crippen molar-refractivity contribution in [3.8, 4) is 0 Å². The maximum atomic E-state index is 11.8. The molecule has 2 rings (SSSR count). The fourth-order valence-corrected chi connectivity index (χ4v) is 2.32. The number of carbonyl (C=O) groups excluding carboxylic acids is 1. The molecule has 2 fully saturated rings. The van der Waals surface area contributed by atoms with Crippen LogP contribution in [-0.2, 0) is 9.53 Å². The van der Waals surface area contributed by atoms with Crippen LogP contribution in [0.25, 0.3) is 0 Å². The molecule has 15 heavy (non-hydrogen) atoms. The summed E-state index contributed by atoms with van der Waals surface area (Å²) in [6.45, 7) is 4.92. The van der Waals surface area contributed by atoms with E-state index in [1.54, 1.807) is 0 Å². The van der Waals surface area contributed by atoms with Crippen LogP contribution < -0.4 is 10.6 Å². The minimum atomic E-state index is -0.193. The van der Waals surface area contributed by atoms with E-state index in [0.717, 1.165) is 39.0 Å². The molecule has 3 unspecified atom stereocenters. The molecule has 4 nitrogen and oxygen atoms in total. The molecule has 2 heterocycles. The van der Waals surface area contributed by atoms with Crippen LogP contribution in [0.2, 0.25) is 0 Å². The number of rotatable bonds is 3. The van der Waals surface area contributed by atoms with Gasteiger partial charge in [0.05, 0.1) is 0 Å². The molecule has 0 aromatic rings. The summed E-state index contributed by atoms with van der Waals surface area (Å²) in [5.74, 6) is 0.655. The van der Waals surface area contributed by atoms with Crippen molar-refractivity contribution in [2.45, 2.75) is 38.3 Å². The zero-order valence-corrected chi connectivity index (χ0v) is 9.29. The molecule has 0 spiro atoms. The van der Waals surface area contributed by atoms with Gasteiger partial charge < -0.3 is 15.4 Å². The quantitative estimate of drug-likeness (QED) is 0.706. The second-order valence-electron chi connectivity index (χ2n) is 4.55. The van der Waals surface area contributed by atoms with Crippen LogP contribution >= 0.6 is 0 Å². The van der Waals surface area contributed by atoms with Crippen LogP contribution in [-0.4, -0.2) is 37.7 Å². The highest BCUT2D eigenvalue weighted by Crippen LogP contribution is 2.15. The van der Waals surface area contributed by atoms with Crippen molar-refractivity contribution in [3.05, 3.63) is 0 Å². The van der Waals surface area contributed by atoms with Gasteiger partial charge in [-0.1, -0.05) is 0 Å². The molecular weight excluding hydrogens is 192 g/mol. The van der Waals surface area contributed by atoms with E-state index in [0.29, 0.717) is 5.92 Å². The summed E-state index contributed by atoms with van der Waals surface area (Å²) in [4.78, 5) is 11.8. The zero-order valence-electron chi connectivity index (χ0n) is 9.29. The van der Waals surface area contributed by atoms with E-state index < -0.39 is 0 Å². The van der Waals surface area contributed by atoms with Gasteiger partial charge in [0.2, 0.25) is 5.91 Å². The smallest absolute Gasteiger partial charge is 0.249 e. The van der Waals surface area contributed by atoms with Crippen molar-refractivity contribution >= 4 is 5.91 Å². The van der Waals surface area contributed by atoms with Crippen molar-refractivity contribution in [1.29, 1.82) is 0 Å². The zero-order chi connectivity index (χ0) is 10.7. The molecule has 4 heteroatoms. The van der Waals surface area contributed by atoms with Crippen LogP contribution in [0.1, 0.15) is 26.2 Å². The number of hydrogen-bond acceptors (Lipinski definition) is 3. The minimum Gasteiger partial charge on any atom is -0.368 e. The van der Waals surface area contributed by atoms with E-state index in [4.69, 9.17) is 4.74 Å². The van der Waals surface area contributed by atoms with E-state index in [9.17, 15) is 4.79 Å². The highest BCUT2D eigenvalue weighted by Gasteiger charge is 2.28. The Morgan fingerprint density at radius 3 is 3.00 bits per heavy atom. The Morgan fingerprint density at radius 1 is 1.53 bits per heavy atom. The molecule has 2 saturated heterocycles. The highest BCUT2D eigenvalue weighted by molar-refractivity contribution is 5.81. The molecule has 3 atom stereocenters. The summed E-state index contributed by atoms with van der Waals surface area (Å²) >= 11 is 0. The third kappa shape index (κ3) is 2.69. The van der Waals surface area contributed by atoms with Crippen LogP contribution in [0.4, 0.5) is 0 Å². The van der Waals surface area contributed by atoms with Crippen molar-refractivity contribution in [2.75, 3.05) is 19.7 Å². The summed E-state index contributed by atoms with van der Waals surface area (Å²) in [5.41, 5.74) is 0. The van der Waals surface area contributed by atoms with Crippen LogP contribution in [0.5, 0.6) is 0 Å². The molecular formula is C11H20N2O2. The predicted molar refractivity (Wildman–Crippen MR) is 57.6 cm³/mol. The molecule has 2 N–H and O–H groups in total. The largest absolute Gasteiger partial charge is 0.368 e. The molecule has 0 aliphatic carbocycles. The first kappa shape index (κ1) is 10.9. The normalized spacial score (nSPS) is 32.9. The lowest BCUT2D eigenvalue weighted by molar-refractivity contribution is -0.131. The Kier molecular flexibility index (Phi) is 3.59. The Labute approximate surface area is 90.8 Å². The molecule has 1 amide bonds. The molecule has 2 aliphatic rings. The molecule has 0 bridgehead atoms. The SMILES string of the molecule is CC(NC(=O)C1CCCO1)C1CCNC1. The molecule has 0 saturated carbocycles. The van der Waals surface area contributed by atoms with Gasteiger partial charge in [0.15, 0.2) is 0 Å². The van der Waals surface area contributed by atoms with Gasteiger partial charge in [0, 0.05) is 12.6 Å². The number of nitrogens with one attached hydrogen (secondary N) is 2. The Hall–Kier alpha value is -0.610. The summed E-state index contributed by atoms with van der Waals surface area (Å²) in [6.07, 6.45) is 2.85. The van der Waals surface area contributed by atoms with Gasteiger partial charge in [-0.3, -0.25) is 4.79 Å². The standard InChI is InChI=1S/C11H20N2O2/c1-8(9-4-5-12-7-9)13-11(14)10-3-2-6-15-10/h8-10,12H,2-7H2,1H3,(H,13,14). The average Bonchev–Trinajstić information content (AvgIpc) is 2.91. The van der Waals surface area contributed by atoms with Crippen molar-refractivity contribution in [2.24, 2.45) is 5.92 Å². The average molecular weight is 212 g/mol. The number of carbonyl (C=O) groups is 1. The Bertz CT molecular complexity index is 221. The van der Waals surface area contributed by atoms with Gasteiger partial charge in [-0.25, -0.2) is 0 Å². The van der Waals surface area contributed by atoms with Gasteiger partial charge in [0.25, 0.3) is 0 Å². The molecule has 0 aromatic heterocycles. The van der Waals surface area contributed by atoms with E-state index in [2.05, 4.69) is 17.6 Å². The first-order valence-electron chi connectivity index (χ1n) is 5.90. The van der Waals surface area contributed by atoms with E-state index in [1.807, 2.05) is 0 Å². The van der Waals surface area contributed by atoms with E-state index in [1.165, 1.54) is 0 Å². The van der Waals surface area contributed by atoms with Crippen LogP contribution in [0, 0.1) is 5.92 Å². The fraction of sp³-hybridized carbons (Fsp3) is 0.909.